The third-order valence-electron chi connectivity index (χ3n) is 3.35. The van der Waals surface area contributed by atoms with Crippen molar-refractivity contribution in [1.29, 1.82) is 0 Å². The number of benzene rings is 1. The molecule has 21 heavy (non-hydrogen) atoms. The summed E-state index contributed by atoms with van der Waals surface area (Å²) in [5, 5.41) is 5.62. The first-order valence-corrected chi connectivity index (χ1v) is 6.97. The molecule has 6 nitrogen and oxygen atoms in total. The normalized spacial score (nSPS) is 18.9. The zero-order valence-electron chi connectivity index (χ0n) is 11.3. The Labute approximate surface area is 127 Å². The van der Waals surface area contributed by atoms with Gasteiger partial charge < -0.3 is 16.4 Å². The maximum Gasteiger partial charge on any atom is 0.243 e. The third-order valence-corrected chi connectivity index (χ3v) is 3.72. The lowest BCUT2D eigenvalue weighted by molar-refractivity contribution is -0.129. The predicted octanol–water partition coefficient (Wildman–Crippen LogP) is 0.131. The Morgan fingerprint density at radius 2 is 2.14 bits per heavy atom. The quantitative estimate of drug-likeness (QED) is 0.720. The molecule has 1 heterocycles. The van der Waals surface area contributed by atoms with Gasteiger partial charge in [-0.1, -0.05) is 29.8 Å². The van der Waals surface area contributed by atoms with Crippen LogP contribution in [0.5, 0.6) is 0 Å². The summed E-state index contributed by atoms with van der Waals surface area (Å²) in [6, 6.07) is 5.56. The van der Waals surface area contributed by atoms with Gasteiger partial charge in [0.15, 0.2) is 0 Å². The van der Waals surface area contributed by atoms with Crippen LogP contribution in [0.3, 0.4) is 0 Å². The fraction of sp³-hybridized carbons (Fsp3) is 0.357. The van der Waals surface area contributed by atoms with E-state index in [1.54, 1.807) is 24.3 Å². The number of hydrogen-bond donors (Lipinski definition) is 3. The molecular weight excluding hydrogens is 294 g/mol. The highest BCUT2D eigenvalue weighted by atomic mass is 35.5. The first kappa shape index (κ1) is 15.3. The molecule has 1 aromatic carbocycles. The monoisotopic (exact) mass is 309 g/mol. The van der Waals surface area contributed by atoms with E-state index in [2.05, 4.69) is 10.6 Å². The number of rotatable bonds is 5. The van der Waals surface area contributed by atoms with Crippen molar-refractivity contribution in [1.82, 2.24) is 10.6 Å². The van der Waals surface area contributed by atoms with Gasteiger partial charge in [-0.15, -0.1) is 0 Å². The smallest absolute Gasteiger partial charge is 0.243 e. The summed E-state index contributed by atoms with van der Waals surface area (Å²) < 4.78 is 0. The minimum Gasteiger partial charge on any atom is -0.368 e. The molecule has 3 amide bonds. The van der Waals surface area contributed by atoms with E-state index in [-0.39, 0.29) is 12.3 Å². The van der Waals surface area contributed by atoms with Crippen molar-refractivity contribution in [2.75, 3.05) is 0 Å². The van der Waals surface area contributed by atoms with Crippen molar-refractivity contribution < 1.29 is 14.4 Å². The summed E-state index contributed by atoms with van der Waals surface area (Å²) in [5.74, 6) is -1.22. The number of primary amides is 1. The zero-order chi connectivity index (χ0) is 15.4. The lowest BCUT2D eigenvalue weighted by Gasteiger charge is -2.18. The van der Waals surface area contributed by atoms with Crippen LogP contribution in [-0.4, -0.2) is 29.8 Å². The summed E-state index contributed by atoms with van der Waals surface area (Å²) in [6.45, 7) is 0. The second kappa shape index (κ2) is 6.58. The summed E-state index contributed by atoms with van der Waals surface area (Å²) in [4.78, 5) is 34.6. The number of carbonyl (C=O) groups excluding carboxylic acids is 3. The van der Waals surface area contributed by atoms with Crippen LogP contribution in [0.1, 0.15) is 18.4 Å². The van der Waals surface area contributed by atoms with E-state index >= 15 is 0 Å². The highest BCUT2D eigenvalue weighted by molar-refractivity contribution is 6.31. The molecule has 1 aliphatic rings. The summed E-state index contributed by atoms with van der Waals surface area (Å²) in [7, 11) is 0. The second-order valence-corrected chi connectivity index (χ2v) is 5.33. The van der Waals surface area contributed by atoms with Gasteiger partial charge in [0, 0.05) is 17.9 Å². The topological polar surface area (TPSA) is 101 Å². The molecule has 0 aromatic heterocycles. The first-order valence-electron chi connectivity index (χ1n) is 6.60. The van der Waals surface area contributed by atoms with Crippen LogP contribution in [-0.2, 0) is 20.8 Å². The summed E-state index contributed by atoms with van der Waals surface area (Å²) in [5.41, 5.74) is 6.05. The van der Waals surface area contributed by atoms with Crippen molar-refractivity contribution in [2.45, 2.75) is 31.3 Å². The van der Waals surface area contributed by atoms with Crippen LogP contribution in [0.2, 0.25) is 5.02 Å². The maximum atomic E-state index is 12.0. The molecule has 0 spiro atoms. The molecule has 1 aliphatic heterocycles. The van der Waals surface area contributed by atoms with Crippen LogP contribution >= 0.6 is 11.6 Å². The van der Waals surface area contributed by atoms with E-state index in [0.29, 0.717) is 17.9 Å². The van der Waals surface area contributed by atoms with Gasteiger partial charge in [-0.05, 0) is 18.1 Å². The molecule has 1 aromatic rings. The minimum absolute atomic E-state index is 0.170. The average molecular weight is 310 g/mol. The minimum atomic E-state index is -0.866. The number of nitrogens with one attached hydrogen (secondary N) is 2. The maximum absolute atomic E-state index is 12.0. The van der Waals surface area contributed by atoms with E-state index in [9.17, 15) is 14.4 Å². The molecule has 4 N–H and O–H groups in total. The number of amides is 3. The van der Waals surface area contributed by atoms with Gasteiger partial charge in [0.2, 0.25) is 17.7 Å². The first-order chi connectivity index (χ1) is 9.97. The van der Waals surface area contributed by atoms with E-state index in [1.807, 2.05) is 0 Å². The highest BCUT2D eigenvalue weighted by Crippen LogP contribution is 2.17. The fourth-order valence-electron chi connectivity index (χ4n) is 2.19. The van der Waals surface area contributed by atoms with Crippen LogP contribution in [0.15, 0.2) is 24.3 Å². The second-order valence-electron chi connectivity index (χ2n) is 4.92. The van der Waals surface area contributed by atoms with E-state index < -0.39 is 23.9 Å². The van der Waals surface area contributed by atoms with E-state index in [4.69, 9.17) is 17.3 Å². The number of carbonyl (C=O) groups is 3. The lowest BCUT2D eigenvalue weighted by Crippen LogP contribution is -2.51. The molecule has 7 heteroatoms. The van der Waals surface area contributed by atoms with Gasteiger partial charge in [0.1, 0.15) is 12.1 Å². The standard InChI is InChI=1S/C14H16ClN3O3/c15-9-4-2-1-3-8(9)7-11(13(16)20)18-14(21)10-5-6-12(19)17-10/h1-4,10-11H,5-7H2,(H2,16,20)(H,17,19)(H,18,21)/t10-,11-/m0/s1. The number of hydrogen-bond acceptors (Lipinski definition) is 3. The molecule has 0 saturated carbocycles. The largest absolute Gasteiger partial charge is 0.368 e. The lowest BCUT2D eigenvalue weighted by atomic mass is 10.0. The molecule has 0 radical (unpaired) electrons. The molecular formula is C14H16ClN3O3. The highest BCUT2D eigenvalue weighted by Gasteiger charge is 2.30. The Morgan fingerprint density at radius 3 is 2.71 bits per heavy atom. The molecule has 1 fully saturated rings. The Hall–Kier alpha value is -2.08. The van der Waals surface area contributed by atoms with Gasteiger partial charge >= 0.3 is 0 Å². The van der Waals surface area contributed by atoms with E-state index in [1.165, 1.54) is 0 Å². The third kappa shape index (κ3) is 3.95. The van der Waals surface area contributed by atoms with Crippen molar-refractivity contribution in [3.05, 3.63) is 34.9 Å². The Bertz CT molecular complexity index is 576. The Morgan fingerprint density at radius 1 is 1.43 bits per heavy atom. The van der Waals surface area contributed by atoms with Crippen molar-refractivity contribution in [3.63, 3.8) is 0 Å². The van der Waals surface area contributed by atoms with Crippen LogP contribution in [0, 0.1) is 0 Å². The van der Waals surface area contributed by atoms with Crippen molar-refractivity contribution in [2.24, 2.45) is 5.73 Å². The van der Waals surface area contributed by atoms with Crippen molar-refractivity contribution in [3.8, 4) is 0 Å². The van der Waals surface area contributed by atoms with Gasteiger partial charge in [0.25, 0.3) is 0 Å². The number of halogens is 1. The fourth-order valence-corrected chi connectivity index (χ4v) is 2.40. The SMILES string of the molecule is NC(=O)[C@H](Cc1ccccc1Cl)NC(=O)[C@@H]1CCC(=O)N1. The van der Waals surface area contributed by atoms with E-state index in [0.717, 1.165) is 5.56 Å². The molecule has 112 valence electrons. The van der Waals surface area contributed by atoms with Gasteiger partial charge in [-0.3, -0.25) is 14.4 Å². The van der Waals surface area contributed by atoms with Gasteiger partial charge in [-0.25, -0.2) is 0 Å². The molecule has 0 unspecified atom stereocenters. The predicted molar refractivity (Wildman–Crippen MR) is 77.4 cm³/mol. The Kier molecular flexibility index (Phi) is 4.80. The van der Waals surface area contributed by atoms with Crippen LogP contribution in [0.25, 0.3) is 0 Å². The summed E-state index contributed by atoms with van der Waals surface area (Å²) >= 11 is 6.03. The van der Waals surface area contributed by atoms with Gasteiger partial charge in [-0.2, -0.15) is 0 Å². The van der Waals surface area contributed by atoms with Crippen molar-refractivity contribution >= 4 is 29.3 Å². The molecule has 1 saturated heterocycles. The molecule has 0 aliphatic carbocycles. The summed E-state index contributed by atoms with van der Waals surface area (Å²) in [6.07, 6.45) is 0.938. The zero-order valence-corrected chi connectivity index (χ0v) is 12.0. The average Bonchev–Trinajstić information content (AvgIpc) is 2.87. The molecule has 2 rings (SSSR count). The van der Waals surface area contributed by atoms with Crippen LogP contribution in [0.4, 0.5) is 0 Å². The Balaban J connectivity index is 2.03. The molecule has 2 atom stereocenters. The molecule has 0 bridgehead atoms. The van der Waals surface area contributed by atoms with Gasteiger partial charge in [0.05, 0.1) is 0 Å². The number of nitrogens with two attached hydrogens (primary N) is 1. The van der Waals surface area contributed by atoms with Crippen LogP contribution < -0.4 is 16.4 Å².